The van der Waals surface area contributed by atoms with Crippen LogP contribution in [-0.2, 0) is 51.1 Å². The van der Waals surface area contributed by atoms with Gasteiger partial charge in [-0.05, 0) is 53.7 Å². The fourth-order valence-electron chi connectivity index (χ4n) is 7.54. The molecule has 0 aliphatic carbocycles. The van der Waals surface area contributed by atoms with Crippen LogP contribution in [-0.4, -0.2) is 108 Å². The summed E-state index contributed by atoms with van der Waals surface area (Å²) in [5.41, 5.74) is 2.85. The van der Waals surface area contributed by atoms with Crippen molar-refractivity contribution >= 4 is 53.9 Å². The van der Waals surface area contributed by atoms with E-state index in [9.17, 15) is 24.0 Å². The number of nitrogens with zero attached hydrogens (tertiary/aromatic N) is 2. The first-order valence-electron chi connectivity index (χ1n) is 21.4. The first kappa shape index (κ1) is 47.9. The number of methoxy groups -OCH3 is 1. The smallest absolute Gasteiger partial charge is 0.347 e. The van der Waals surface area contributed by atoms with Gasteiger partial charge in [0.15, 0.2) is 6.10 Å². The molecule has 0 saturated carbocycles. The van der Waals surface area contributed by atoms with Crippen LogP contribution in [0.4, 0.5) is 0 Å². The molecule has 2 N–H and O–H groups in total. The quantitative estimate of drug-likeness (QED) is 0.127. The predicted molar refractivity (Wildman–Crippen MR) is 236 cm³/mol. The highest BCUT2D eigenvalue weighted by molar-refractivity contribution is 7.81. The number of hydrogen-bond donors (Lipinski definition) is 3. The lowest BCUT2D eigenvalue weighted by Gasteiger charge is -2.35. The molecule has 15 heteroatoms. The van der Waals surface area contributed by atoms with Crippen molar-refractivity contribution in [3.05, 3.63) is 76.3 Å². The molecule has 13 nitrogen and oxygen atoms in total. The molecular formula is C46H63ClN4O9S. The summed E-state index contributed by atoms with van der Waals surface area (Å²) in [4.78, 5) is 70.8. The van der Waals surface area contributed by atoms with E-state index in [4.69, 9.17) is 30.5 Å². The number of rotatable bonds is 13. The highest BCUT2D eigenvalue weighted by Crippen LogP contribution is 2.45. The summed E-state index contributed by atoms with van der Waals surface area (Å²) >= 11 is 10.9. The number of piperazine rings is 1. The van der Waals surface area contributed by atoms with Crippen molar-refractivity contribution in [2.24, 2.45) is 17.8 Å². The monoisotopic (exact) mass is 882 g/mol. The van der Waals surface area contributed by atoms with E-state index in [1.165, 1.54) is 13.2 Å². The third kappa shape index (κ3) is 14.5. The average Bonchev–Trinajstić information content (AvgIpc) is 4.01. The molecule has 2 saturated heterocycles. The lowest BCUT2D eigenvalue weighted by atomic mass is 9.93. The van der Waals surface area contributed by atoms with Crippen molar-refractivity contribution in [2.45, 2.75) is 115 Å². The van der Waals surface area contributed by atoms with Gasteiger partial charge in [0, 0.05) is 69.2 Å². The second kappa shape index (κ2) is 21.8. The Morgan fingerprint density at radius 3 is 2.31 bits per heavy atom. The van der Waals surface area contributed by atoms with Gasteiger partial charge in [-0.3, -0.25) is 24.1 Å². The standard InChI is InChI=1S/C46H63ClN4O9S/c1-28(2)23-38-45(56)58-36(9-8-10-39(52)49-35(43(54)48-26-29(3)44(55)59-38)25-32-13-16-37(57-7)34(47)24-32)30(4)41-42(60-41)33-14-11-31(12-15-33)27-50-19-21-51(22-20-50)40(53)17-18-46(5,6)61/h8,10-16,24,28-30,35-36,38,41-42,61H,9,17-23,25-27H2,1-7H3,(H,48,54)(H,49,52)/t29-,30+,35-,36+,38+,41-,42-/m1/s1. The van der Waals surface area contributed by atoms with E-state index < -0.39 is 47.9 Å². The van der Waals surface area contributed by atoms with Gasteiger partial charge >= 0.3 is 11.9 Å². The summed E-state index contributed by atoms with van der Waals surface area (Å²) in [6, 6.07) is 12.5. The Balaban J connectivity index is 1.25. The Kier molecular flexibility index (Phi) is 17.1. The van der Waals surface area contributed by atoms with Gasteiger partial charge in [0.2, 0.25) is 17.7 Å². The van der Waals surface area contributed by atoms with Crippen LogP contribution in [0.2, 0.25) is 5.02 Å². The van der Waals surface area contributed by atoms with Gasteiger partial charge in [-0.1, -0.05) is 89.6 Å². The molecule has 0 radical (unpaired) electrons. The van der Waals surface area contributed by atoms with Gasteiger partial charge in [-0.25, -0.2) is 4.79 Å². The van der Waals surface area contributed by atoms with Crippen molar-refractivity contribution in [2.75, 3.05) is 39.8 Å². The van der Waals surface area contributed by atoms with Gasteiger partial charge in [0.25, 0.3) is 0 Å². The van der Waals surface area contributed by atoms with Crippen LogP contribution in [0.5, 0.6) is 5.75 Å². The lowest BCUT2D eigenvalue weighted by molar-refractivity contribution is -0.176. The van der Waals surface area contributed by atoms with Crippen molar-refractivity contribution in [3.63, 3.8) is 0 Å². The summed E-state index contributed by atoms with van der Waals surface area (Å²) < 4.78 is 23.2. The van der Waals surface area contributed by atoms with E-state index >= 15 is 0 Å². The molecule has 2 aromatic rings. The molecule has 3 aliphatic heterocycles. The van der Waals surface area contributed by atoms with Gasteiger partial charge < -0.3 is 34.5 Å². The molecule has 3 amide bonds. The maximum atomic E-state index is 13.8. The first-order valence-corrected chi connectivity index (χ1v) is 22.2. The molecule has 0 spiro atoms. The van der Waals surface area contributed by atoms with Crippen molar-refractivity contribution < 1.29 is 42.9 Å². The highest BCUT2D eigenvalue weighted by atomic mass is 35.5. The third-order valence-corrected chi connectivity index (χ3v) is 11.9. The van der Waals surface area contributed by atoms with E-state index in [1.807, 2.05) is 39.5 Å². The Morgan fingerprint density at radius 2 is 1.67 bits per heavy atom. The van der Waals surface area contributed by atoms with E-state index in [0.29, 0.717) is 35.8 Å². The van der Waals surface area contributed by atoms with Crippen LogP contribution in [0, 0.1) is 17.8 Å². The maximum absolute atomic E-state index is 13.8. The summed E-state index contributed by atoms with van der Waals surface area (Å²) in [5.74, 6) is -2.76. The second-order valence-electron chi connectivity index (χ2n) is 17.6. The minimum atomic E-state index is -1.16. The zero-order chi connectivity index (χ0) is 44.4. The summed E-state index contributed by atoms with van der Waals surface area (Å²) in [7, 11) is 1.51. The van der Waals surface area contributed by atoms with Gasteiger partial charge in [-0.2, -0.15) is 12.6 Å². The Morgan fingerprint density at radius 1 is 0.984 bits per heavy atom. The number of cyclic esters (lactones) is 2. The normalized spacial score (nSPS) is 25.3. The van der Waals surface area contributed by atoms with Crippen molar-refractivity contribution in [3.8, 4) is 5.75 Å². The number of halogens is 1. The molecule has 3 heterocycles. The largest absolute Gasteiger partial charge is 0.495 e. The van der Waals surface area contributed by atoms with Gasteiger partial charge in [0.05, 0.1) is 24.2 Å². The van der Waals surface area contributed by atoms with E-state index in [0.717, 1.165) is 37.2 Å². The fourth-order valence-corrected chi connectivity index (χ4v) is 7.94. The van der Waals surface area contributed by atoms with E-state index in [2.05, 4.69) is 52.4 Å². The van der Waals surface area contributed by atoms with Crippen molar-refractivity contribution in [1.82, 2.24) is 20.4 Å². The van der Waals surface area contributed by atoms with Gasteiger partial charge in [0.1, 0.15) is 24.0 Å². The van der Waals surface area contributed by atoms with Crippen LogP contribution in [0.3, 0.4) is 0 Å². The number of ether oxygens (including phenoxy) is 4. The molecular weight excluding hydrogens is 820 g/mol. The Hall–Kier alpha value is -4.11. The molecule has 3 aliphatic rings. The lowest BCUT2D eigenvalue weighted by Crippen LogP contribution is -2.49. The molecule has 0 aromatic heterocycles. The van der Waals surface area contributed by atoms with Crippen LogP contribution in [0.1, 0.15) is 90.0 Å². The van der Waals surface area contributed by atoms with E-state index in [-0.39, 0.29) is 60.5 Å². The molecule has 334 valence electrons. The zero-order valence-corrected chi connectivity index (χ0v) is 38.1. The molecule has 2 aromatic carbocycles. The second-order valence-corrected chi connectivity index (χ2v) is 19.3. The number of esters is 2. The number of epoxide rings is 1. The SMILES string of the molecule is COc1ccc(C[C@H]2NC(=O)C=CC[C@@H]([C@H](C)[C@H]3O[C@@H]3c3ccc(CN4CCN(C(=O)CCC(C)(C)S)CC4)cc3)OC(=O)[C@H](CC(C)C)OC(=O)[C@H](C)CNC2=O)cc1Cl. The highest BCUT2D eigenvalue weighted by Gasteiger charge is 2.48. The number of amides is 3. The summed E-state index contributed by atoms with van der Waals surface area (Å²) in [6.07, 6.45) is 2.37. The van der Waals surface area contributed by atoms with Crippen LogP contribution in [0.15, 0.2) is 54.6 Å². The fraction of sp³-hybridized carbons (Fsp3) is 0.587. The molecule has 7 atom stereocenters. The predicted octanol–water partition coefficient (Wildman–Crippen LogP) is 5.87. The minimum absolute atomic E-state index is 0.00597. The number of hydrogen-bond acceptors (Lipinski definition) is 11. The Bertz CT molecular complexity index is 1880. The van der Waals surface area contributed by atoms with Gasteiger partial charge in [-0.15, -0.1) is 0 Å². The summed E-state index contributed by atoms with van der Waals surface area (Å²) in [5, 5.41) is 5.89. The zero-order valence-electron chi connectivity index (χ0n) is 36.5. The number of benzene rings is 2. The number of carbonyl (C=O) groups is 5. The maximum Gasteiger partial charge on any atom is 0.347 e. The topological polar surface area (TPSA) is 156 Å². The summed E-state index contributed by atoms with van der Waals surface area (Å²) in [6.45, 7) is 15.2. The van der Waals surface area contributed by atoms with Crippen LogP contribution >= 0.6 is 24.2 Å². The van der Waals surface area contributed by atoms with Crippen LogP contribution < -0.4 is 15.4 Å². The molecule has 61 heavy (non-hydrogen) atoms. The number of carbonyl (C=O) groups excluding carboxylic acids is 5. The first-order chi connectivity index (χ1) is 28.9. The molecule has 0 bridgehead atoms. The average molecular weight is 884 g/mol. The van der Waals surface area contributed by atoms with Crippen molar-refractivity contribution in [1.29, 1.82) is 0 Å². The third-order valence-electron chi connectivity index (χ3n) is 11.4. The Labute approximate surface area is 371 Å². The minimum Gasteiger partial charge on any atom is -0.495 e. The number of nitrogens with one attached hydrogen (secondary N) is 2. The van der Waals surface area contributed by atoms with Crippen LogP contribution in [0.25, 0.3) is 0 Å². The number of thiol groups is 1. The molecule has 2 fully saturated rings. The van der Waals surface area contributed by atoms with E-state index in [1.54, 1.807) is 31.2 Å². The molecule has 5 rings (SSSR count). The molecule has 0 unspecified atom stereocenters.